The van der Waals surface area contributed by atoms with Crippen molar-refractivity contribution in [2.75, 3.05) is 49.6 Å². The number of hydrogen-bond acceptors (Lipinski definition) is 6. The summed E-state index contributed by atoms with van der Waals surface area (Å²) in [5.41, 5.74) is 1.28. The summed E-state index contributed by atoms with van der Waals surface area (Å²) in [7, 11) is 0. The van der Waals surface area contributed by atoms with Crippen LogP contribution in [-0.4, -0.2) is 61.2 Å². The number of amides is 1. The highest BCUT2D eigenvalue weighted by atomic mass is 32.1. The Labute approximate surface area is 157 Å². The third kappa shape index (κ3) is 4.06. The van der Waals surface area contributed by atoms with Crippen LogP contribution in [0.4, 0.5) is 10.8 Å². The minimum Gasteiger partial charge on any atom is -0.379 e. The summed E-state index contributed by atoms with van der Waals surface area (Å²) in [4.78, 5) is 21.8. The van der Waals surface area contributed by atoms with Gasteiger partial charge in [0, 0.05) is 43.3 Å². The van der Waals surface area contributed by atoms with Crippen LogP contribution in [0.15, 0.2) is 35.7 Å². The second-order valence-electron chi connectivity index (χ2n) is 6.70. The summed E-state index contributed by atoms with van der Waals surface area (Å²) >= 11 is 1.55. The van der Waals surface area contributed by atoms with E-state index in [1.807, 2.05) is 35.7 Å². The first-order valence-electron chi connectivity index (χ1n) is 9.18. The van der Waals surface area contributed by atoms with Crippen molar-refractivity contribution in [3.63, 3.8) is 0 Å². The molecular weight excluding hydrogens is 348 g/mol. The zero-order chi connectivity index (χ0) is 17.8. The van der Waals surface area contributed by atoms with Crippen LogP contribution in [0, 0.1) is 0 Å². The Morgan fingerprint density at radius 1 is 1.12 bits per heavy atom. The summed E-state index contributed by atoms with van der Waals surface area (Å²) in [6.45, 7) is 5.79. The molecule has 0 aliphatic carbocycles. The molecule has 1 aromatic heterocycles. The van der Waals surface area contributed by atoms with E-state index in [-0.39, 0.29) is 5.91 Å². The van der Waals surface area contributed by atoms with Crippen LogP contribution < -0.4 is 10.2 Å². The molecular formula is C19H24N4O2S. The van der Waals surface area contributed by atoms with Crippen LogP contribution in [-0.2, 0) is 4.74 Å². The summed E-state index contributed by atoms with van der Waals surface area (Å²) in [6.07, 6.45) is 2.29. The zero-order valence-corrected chi connectivity index (χ0v) is 15.6. The quantitative estimate of drug-likeness (QED) is 0.894. The molecule has 2 saturated heterocycles. The van der Waals surface area contributed by atoms with E-state index in [1.165, 1.54) is 0 Å². The van der Waals surface area contributed by atoms with Crippen molar-refractivity contribution in [1.82, 2.24) is 9.88 Å². The van der Waals surface area contributed by atoms with Crippen molar-refractivity contribution >= 4 is 28.1 Å². The predicted octanol–water partition coefficient (Wildman–Crippen LogP) is 2.70. The molecule has 0 saturated carbocycles. The third-order valence-electron chi connectivity index (χ3n) is 5.05. The van der Waals surface area contributed by atoms with Gasteiger partial charge in [-0.25, -0.2) is 4.98 Å². The van der Waals surface area contributed by atoms with Crippen LogP contribution in [0.25, 0.3) is 0 Å². The molecule has 2 aliphatic rings. The lowest BCUT2D eigenvalue weighted by atomic mass is 10.0. The second kappa shape index (κ2) is 8.16. The first kappa shape index (κ1) is 17.5. The third-order valence-corrected chi connectivity index (χ3v) is 5.95. The number of benzene rings is 1. The number of thiazole rings is 1. The van der Waals surface area contributed by atoms with Gasteiger partial charge in [-0.05, 0) is 25.0 Å². The number of para-hydroxylation sites is 1. The fourth-order valence-electron chi connectivity index (χ4n) is 3.60. The van der Waals surface area contributed by atoms with Crippen molar-refractivity contribution in [3.8, 4) is 0 Å². The van der Waals surface area contributed by atoms with Crippen LogP contribution in [0.2, 0.25) is 0 Å². The van der Waals surface area contributed by atoms with E-state index >= 15 is 0 Å². The minimum atomic E-state index is -0.151. The standard InChI is InChI=1S/C19H24N4O2S/c24-18(20-15-4-2-1-3-5-15)17-14-26-19(21-17)23-8-6-16(7-9-23)22-10-12-25-13-11-22/h1-5,14,16H,6-13H2,(H,20,24). The highest BCUT2D eigenvalue weighted by Gasteiger charge is 2.27. The largest absolute Gasteiger partial charge is 0.379 e. The Balaban J connectivity index is 1.33. The van der Waals surface area contributed by atoms with Gasteiger partial charge < -0.3 is 15.0 Å². The summed E-state index contributed by atoms with van der Waals surface area (Å²) < 4.78 is 5.45. The molecule has 0 unspecified atom stereocenters. The molecule has 26 heavy (non-hydrogen) atoms. The first-order valence-corrected chi connectivity index (χ1v) is 10.1. The molecule has 138 valence electrons. The molecule has 3 heterocycles. The van der Waals surface area contributed by atoms with Gasteiger partial charge in [0.1, 0.15) is 5.69 Å². The number of piperidine rings is 1. The van der Waals surface area contributed by atoms with Crippen LogP contribution in [0.1, 0.15) is 23.3 Å². The van der Waals surface area contributed by atoms with Gasteiger partial charge in [-0.2, -0.15) is 0 Å². The molecule has 0 atom stereocenters. The Kier molecular flexibility index (Phi) is 5.48. The molecule has 2 aromatic rings. The smallest absolute Gasteiger partial charge is 0.275 e. The monoisotopic (exact) mass is 372 g/mol. The average molecular weight is 372 g/mol. The van der Waals surface area contributed by atoms with E-state index in [9.17, 15) is 4.79 Å². The Bertz CT molecular complexity index is 722. The molecule has 1 amide bonds. The highest BCUT2D eigenvalue weighted by molar-refractivity contribution is 7.14. The number of nitrogens with one attached hydrogen (secondary N) is 1. The Morgan fingerprint density at radius 2 is 1.85 bits per heavy atom. The number of anilines is 2. The maximum absolute atomic E-state index is 12.4. The number of aromatic nitrogens is 1. The predicted molar refractivity (Wildman–Crippen MR) is 104 cm³/mol. The Hall–Kier alpha value is -1.96. The lowest BCUT2D eigenvalue weighted by molar-refractivity contribution is 0.0115. The number of ether oxygens (including phenoxy) is 1. The molecule has 7 heteroatoms. The number of hydrogen-bond donors (Lipinski definition) is 1. The number of nitrogens with zero attached hydrogens (tertiary/aromatic N) is 3. The first-order chi connectivity index (χ1) is 12.8. The SMILES string of the molecule is O=C(Nc1ccccc1)c1csc(N2CCC(N3CCOCC3)CC2)n1. The molecule has 0 bridgehead atoms. The van der Waals surface area contributed by atoms with Gasteiger partial charge >= 0.3 is 0 Å². The Morgan fingerprint density at radius 3 is 2.58 bits per heavy atom. The zero-order valence-electron chi connectivity index (χ0n) is 14.8. The fourth-order valence-corrected chi connectivity index (χ4v) is 4.45. The number of carbonyl (C=O) groups excluding carboxylic acids is 1. The van der Waals surface area contributed by atoms with Crippen LogP contribution in [0.3, 0.4) is 0 Å². The van der Waals surface area contributed by atoms with Gasteiger partial charge in [-0.15, -0.1) is 11.3 Å². The van der Waals surface area contributed by atoms with Gasteiger partial charge in [0.05, 0.1) is 13.2 Å². The van der Waals surface area contributed by atoms with Crippen molar-refractivity contribution < 1.29 is 9.53 Å². The summed E-state index contributed by atoms with van der Waals surface area (Å²) in [5.74, 6) is -0.151. The summed E-state index contributed by atoms with van der Waals surface area (Å²) in [5, 5.41) is 5.69. The van der Waals surface area contributed by atoms with E-state index in [0.29, 0.717) is 11.7 Å². The molecule has 2 aliphatic heterocycles. The topological polar surface area (TPSA) is 57.7 Å². The molecule has 0 radical (unpaired) electrons. The molecule has 4 rings (SSSR count). The van der Waals surface area contributed by atoms with Crippen molar-refractivity contribution in [2.45, 2.75) is 18.9 Å². The fraction of sp³-hybridized carbons (Fsp3) is 0.474. The lowest BCUT2D eigenvalue weighted by Gasteiger charge is -2.40. The summed E-state index contributed by atoms with van der Waals surface area (Å²) in [6, 6.07) is 10.1. The molecule has 1 N–H and O–H groups in total. The van der Waals surface area contributed by atoms with Gasteiger partial charge in [-0.3, -0.25) is 9.69 Å². The van der Waals surface area contributed by atoms with E-state index in [0.717, 1.165) is 63.1 Å². The maximum atomic E-state index is 12.4. The van der Waals surface area contributed by atoms with Gasteiger partial charge in [0.2, 0.25) is 0 Å². The average Bonchev–Trinajstić information content (AvgIpc) is 3.20. The number of carbonyl (C=O) groups is 1. The van der Waals surface area contributed by atoms with Gasteiger partial charge in [-0.1, -0.05) is 18.2 Å². The number of morpholine rings is 1. The van der Waals surface area contributed by atoms with Crippen molar-refractivity contribution in [3.05, 3.63) is 41.4 Å². The molecule has 0 spiro atoms. The van der Waals surface area contributed by atoms with Crippen LogP contribution >= 0.6 is 11.3 Å². The van der Waals surface area contributed by atoms with Crippen molar-refractivity contribution in [2.24, 2.45) is 0 Å². The van der Waals surface area contributed by atoms with E-state index < -0.39 is 0 Å². The normalized spacial score (nSPS) is 19.5. The van der Waals surface area contributed by atoms with E-state index in [4.69, 9.17) is 4.74 Å². The number of rotatable bonds is 4. The lowest BCUT2D eigenvalue weighted by Crippen LogP contribution is -2.49. The van der Waals surface area contributed by atoms with E-state index in [2.05, 4.69) is 20.1 Å². The minimum absolute atomic E-state index is 0.151. The van der Waals surface area contributed by atoms with Gasteiger partial charge in [0.15, 0.2) is 5.13 Å². The molecule has 6 nitrogen and oxygen atoms in total. The molecule has 1 aromatic carbocycles. The van der Waals surface area contributed by atoms with E-state index in [1.54, 1.807) is 11.3 Å². The second-order valence-corrected chi connectivity index (χ2v) is 7.54. The molecule has 2 fully saturated rings. The van der Waals surface area contributed by atoms with Crippen LogP contribution in [0.5, 0.6) is 0 Å². The maximum Gasteiger partial charge on any atom is 0.275 e. The van der Waals surface area contributed by atoms with Crippen molar-refractivity contribution in [1.29, 1.82) is 0 Å². The highest BCUT2D eigenvalue weighted by Crippen LogP contribution is 2.26. The van der Waals surface area contributed by atoms with Gasteiger partial charge in [0.25, 0.3) is 5.91 Å².